The minimum absolute atomic E-state index is 0.0954. The zero-order chi connectivity index (χ0) is 39.6. The van der Waals surface area contributed by atoms with E-state index in [1.807, 2.05) is 0 Å². The fourth-order valence-corrected chi connectivity index (χ4v) is 12.0. The number of fused-ring (bicyclic) bond motifs is 6. The highest BCUT2D eigenvalue weighted by molar-refractivity contribution is 5.91. The molecule has 4 aliphatic carbocycles. The molecule has 0 aromatic heterocycles. The van der Waals surface area contributed by atoms with Crippen LogP contribution in [0.2, 0.25) is 0 Å². The van der Waals surface area contributed by atoms with Gasteiger partial charge in [-0.25, -0.2) is 0 Å². The second-order valence-electron chi connectivity index (χ2n) is 18.5. The molecule has 1 heteroatoms. The highest BCUT2D eigenvalue weighted by atomic mass is 15.1. The van der Waals surface area contributed by atoms with Crippen LogP contribution in [0, 0.1) is 0 Å². The third-order valence-corrected chi connectivity index (χ3v) is 14.9. The van der Waals surface area contributed by atoms with Crippen LogP contribution in [0.25, 0.3) is 22.3 Å². The summed E-state index contributed by atoms with van der Waals surface area (Å²) in [5.74, 6) is 1.18. The van der Waals surface area contributed by atoms with Crippen molar-refractivity contribution in [3.05, 3.63) is 208 Å². The van der Waals surface area contributed by atoms with Crippen molar-refractivity contribution in [2.75, 3.05) is 4.90 Å². The largest absolute Gasteiger partial charge is 0.310 e. The Bertz CT molecular complexity index is 2620. The smallest absolute Gasteiger partial charge is 0.0714 e. The van der Waals surface area contributed by atoms with Crippen LogP contribution >= 0.6 is 0 Å². The Labute approximate surface area is 351 Å². The Morgan fingerprint density at radius 3 is 1.56 bits per heavy atom. The zero-order valence-electron chi connectivity index (χ0n) is 34.8. The maximum absolute atomic E-state index is 2.63. The van der Waals surface area contributed by atoms with E-state index >= 15 is 0 Å². The summed E-state index contributed by atoms with van der Waals surface area (Å²) in [5.41, 5.74) is 19.9. The number of rotatable bonds is 7. The molecule has 0 amide bonds. The van der Waals surface area contributed by atoms with E-state index in [1.165, 1.54) is 148 Å². The second-order valence-corrected chi connectivity index (χ2v) is 18.5. The topological polar surface area (TPSA) is 3.24 Å². The summed E-state index contributed by atoms with van der Waals surface area (Å²) in [4.78, 5) is 2.63. The van der Waals surface area contributed by atoms with Gasteiger partial charge in [0.15, 0.2) is 0 Å². The first-order valence-electron chi connectivity index (χ1n) is 22.6. The number of anilines is 3. The summed E-state index contributed by atoms with van der Waals surface area (Å²) in [7, 11) is 0. The van der Waals surface area contributed by atoms with E-state index in [0.29, 0.717) is 11.8 Å². The van der Waals surface area contributed by atoms with Crippen molar-refractivity contribution in [3.8, 4) is 22.3 Å². The van der Waals surface area contributed by atoms with E-state index in [9.17, 15) is 0 Å². The summed E-state index contributed by atoms with van der Waals surface area (Å²) >= 11 is 0. The lowest BCUT2D eigenvalue weighted by Gasteiger charge is -2.36. The summed E-state index contributed by atoms with van der Waals surface area (Å²) in [6, 6.07) is 63.6. The fourth-order valence-electron chi connectivity index (χ4n) is 12.0. The molecular formula is C58H55N. The van der Waals surface area contributed by atoms with Gasteiger partial charge in [-0.05, 0) is 135 Å². The first kappa shape index (κ1) is 36.4. The van der Waals surface area contributed by atoms with Gasteiger partial charge in [0.05, 0.1) is 5.41 Å². The lowest BCUT2D eigenvalue weighted by molar-refractivity contribution is 0.443. The summed E-state index contributed by atoms with van der Waals surface area (Å²) in [6.07, 6.45) is 13.1. The Hall–Kier alpha value is -5.66. The molecule has 0 heterocycles. The molecule has 0 radical (unpaired) electrons. The minimum Gasteiger partial charge on any atom is -0.310 e. The molecule has 0 saturated heterocycles. The van der Waals surface area contributed by atoms with E-state index < -0.39 is 5.41 Å². The van der Waals surface area contributed by atoms with Crippen LogP contribution in [0.15, 0.2) is 164 Å². The van der Waals surface area contributed by atoms with E-state index in [4.69, 9.17) is 0 Å². The van der Waals surface area contributed by atoms with Gasteiger partial charge < -0.3 is 4.90 Å². The van der Waals surface area contributed by atoms with Crippen LogP contribution in [-0.4, -0.2) is 0 Å². The van der Waals surface area contributed by atoms with Gasteiger partial charge in [-0.1, -0.05) is 186 Å². The molecule has 0 spiro atoms. The third kappa shape index (κ3) is 5.79. The first-order valence-corrected chi connectivity index (χ1v) is 22.6. The average molecular weight is 766 g/mol. The Morgan fingerprint density at radius 2 is 0.898 bits per heavy atom. The number of para-hydroxylation sites is 1. The lowest BCUT2D eigenvalue weighted by atomic mass is 9.67. The van der Waals surface area contributed by atoms with Crippen molar-refractivity contribution in [2.24, 2.45) is 0 Å². The molecule has 292 valence electrons. The molecule has 0 atom stereocenters. The predicted octanol–water partition coefficient (Wildman–Crippen LogP) is 15.9. The number of hydrogen-bond donors (Lipinski definition) is 0. The Kier molecular flexibility index (Phi) is 8.99. The second kappa shape index (κ2) is 14.6. The number of benzene rings is 7. The van der Waals surface area contributed by atoms with E-state index in [2.05, 4.69) is 183 Å². The van der Waals surface area contributed by atoms with Crippen LogP contribution < -0.4 is 4.90 Å². The SMILES string of the molecule is CC1(C)c2ccccc2-c2ccc(N(c3ccc4c(c3)C(c3ccccc3)(c3ccccc3)c3cc(C5CCCCC5)ccc3-4)c3ccccc3C3CCCCC3)cc21. The summed E-state index contributed by atoms with van der Waals surface area (Å²) in [6.45, 7) is 4.81. The van der Waals surface area contributed by atoms with Crippen molar-refractivity contribution in [2.45, 2.75) is 101 Å². The molecular weight excluding hydrogens is 711 g/mol. The molecule has 0 aliphatic heterocycles. The molecule has 2 fully saturated rings. The molecule has 1 nitrogen and oxygen atoms in total. The lowest BCUT2D eigenvalue weighted by Crippen LogP contribution is -2.29. The fraction of sp³-hybridized carbons (Fsp3) is 0.276. The van der Waals surface area contributed by atoms with E-state index in [-0.39, 0.29) is 5.41 Å². The first-order chi connectivity index (χ1) is 29.0. The molecule has 11 rings (SSSR count). The van der Waals surface area contributed by atoms with Gasteiger partial charge in [0.1, 0.15) is 0 Å². The van der Waals surface area contributed by atoms with Gasteiger partial charge in [0.2, 0.25) is 0 Å². The van der Waals surface area contributed by atoms with Crippen LogP contribution in [0.1, 0.15) is 134 Å². The van der Waals surface area contributed by atoms with Crippen LogP contribution in [0.3, 0.4) is 0 Å². The summed E-state index contributed by atoms with van der Waals surface area (Å²) < 4.78 is 0. The molecule has 0 bridgehead atoms. The van der Waals surface area contributed by atoms with Crippen molar-refractivity contribution in [1.82, 2.24) is 0 Å². The highest BCUT2D eigenvalue weighted by Gasteiger charge is 2.47. The van der Waals surface area contributed by atoms with Gasteiger partial charge in [-0.3, -0.25) is 0 Å². The van der Waals surface area contributed by atoms with Crippen molar-refractivity contribution in [1.29, 1.82) is 0 Å². The standard InChI is InChI=1S/C58H55N/c1-57(2)52-29-17-15-28-48(52)49-35-32-45(38-53(49)57)59(56-30-18-16-27-47(56)41-21-9-4-10-22-41)46-33-36-51-50-34-31-42(40-19-7-3-8-20-40)37-54(50)58(55(51)39-46,43-23-11-5-12-24-43)44-25-13-6-14-26-44/h5-6,11-18,23-41H,3-4,7-10,19-22H2,1-2H3. The molecule has 0 unspecified atom stereocenters. The van der Waals surface area contributed by atoms with Crippen molar-refractivity contribution in [3.63, 3.8) is 0 Å². The highest BCUT2D eigenvalue weighted by Crippen LogP contribution is 2.59. The maximum atomic E-state index is 2.63. The quantitative estimate of drug-likeness (QED) is 0.156. The third-order valence-electron chi connectivity index (χ3n) is 14.9. The van der Waals surface area contributed by atoms with E-state index in [0.717, 1.165) is 0 Å². The monoisotopic (exact) mass is 765 g/mol. The van der Waals surface area contributed by atoms with Gasteiger partial charge in [-0.15, -0.1) is 0 Å². The Balaban J connectivity index is 1.16. The summed E-state index contributed by atoms with van der Waals surface area (Å²) in [5, 5.41) is 0. The van der Waals surface area contributed by atoms with Gasteiger partial charge >= 0.3 is 0 Å². The van der Waals surface area contributed by atoms with Gasteiger partial charge in [0, 0.05) is 22.5 Å². The van der Waals surface area contributed by atoms with Gasteiger partial charge in [0.25, 0.3) is 0 Å². The molecule has 7 aromatic rings. The van der Waals surface area contributed by atoms with Crippen LogP contribution in [0.4, 0.5) is 17.1 Å². The molecule has 59 heavy (non-hydrogen) atoms. The number of nitrogens with zero attached hydrogens (tertiary/aromatic N) is 1. The zero-order valence-corrected chi connectivity index (χ0v) is 34.8. The average Bonchev–Trinajstić information content (AvgIpc) is 3.72. The van der Waals surface area contributed by atoms with Crippen molar-refractivity contribution >= 4 is 17.1 Å². The molecule has 4 aliphatic rings. The van der Waals surface area contributed by atoms with Crippen molar-refractivity contribution < 1.29 is 0 Å². The van der Waals surface area contributed by atoms with E-state index in [1.54, 1.807) is 0 Å². The molecule has 0 N–H and O–H groups in total. The van der Waals surface area contributed by atoms with Gasteiger partial charge in [-0.2, -0.15) is 0 Å². The van der Waals surface area contributed by atoms with Crippen LogP contribution in [0.5, 0.6) is 0 Å². The normalized spacial score (nSPS) is 17.8. The molecule has 2 saturated carbocycles. The minimum atomic E-state index is -0.468. The number of hydrogen-bond acceptors (Lipinski definition) is 1. The Morgan fingerprint density at radius 1 is 0.407 bits per heavy atom. The predicted molar refractivity (Wildman–Crippen MR) is 248 cm³/mol. The maximum Gasteiger partial charge on any atom is 0.0714 e. The van der Waals surface area contributed by atoms with Crippen LogP contribution in [-0.2, 0) is 10.8 Å². The molecule has 7 aromatic carbocycles.